The van der Waals surface area contributed by atoms with Crippen molar-refractivity contribution in [3.05, 3.63) is 0 Å². The Morgan fingerprint density at radius 1 is 1.24 bits per heavy atom. The molecule has 0 aliphatic carbocycles. The first-order valence-corrected chi connectivity index (χ1v) is 9.06. The zero-order valence-corrected chi connectivity index (χ0v) is 15.4. The number of likely N-dealkylation sites (tertiary alicyclic amines) is 1. The van der Waals surface area contributed by atoms with E-state index in [0.717, 1.165) is 18.4 Å². The molecule has 0 radical (unpaired) electrons. The molecular weight excluding hydrogens is 258 g/mol. The maximum Gasteiger partial charge on any atom is 0.0217 e. The minimum absolute atomic E-state index is 0.638. The molecule has 0 aromatic heterocycles. The lowest BCUT2D eigenvalue weighted by molar-refractivity contribution is 0.145. The van der Waals surface area contributed by atoms with E-state index >= 15 is 0 Å². The van der Waals surface area contributed by atoms with Crippen LogP contribution in [0.15, 0.2) is 0 Å². The van der Waals surface area contributed by atoms with Crippen molar-refractivity contribution in [2.45, 2.75) is 65.5 Å². The molecule has 3 atom stereocenters. The Morgan fingerprint density at radius 2 is 1.95 bits per heavy atom. The summed E-state index contributed by atoms with van der Waals surface area (Å²) >= 11 is 0. The second-order valence-electron chi connectivity index (χ2n) is 7.65. The monoisotopic (exact) mass is 297 g/mol. The highest BCUT2D eigenvalue weighted by Crippen LogP contribution is 2.20. The molecule has 0 spiro atoms. The molecule has 126 valence electrons. The molecule has 1 heterocycles. The Hall–Kier alpha value is -0.120. The zero-order chi connectivity index (χ0) is 15.8. The maximum absolute atomic E-state index is 3.83. The van der Waals surface area contributed by atoms with Gasteiger partial charge in [-0.05, 0) is 71.6 Å². The summed E-state index contributed by atoms with van der Waals surface area (Å²) in [6.07, 6.45) is 5.33. The number of hydrogen-bond acceptors (Lipinski definition) is 3. The van der Waals surface area contributed by atoms with Crippen molar-refractivity contribution in [3.8, 4) is 0 Å². The van der Waals surface area contributed by atoms with Crippen LogP contribution >= 0.6 is 0 Å². The quantitative estimate of drug-likeness (QED) is 0.705. The molecule has 0 bridgehead atoms. The first-order chi connectivity index (χ1) is 9.93. The van der Waals surface area contributed by atoms with E-state index in [0.29, 0.717) is 12.1 Å². The first-order valence-electron chi connectivity index (χ1n) is 9.06. The Kier molecular flexibility index (Phi) is 8.84. The first kappa shape index (κ1) is 18.9. The fraction of sp³-hybridized carbons (Fsp3) is 1.00. The van der Waals surface area contributed by atoms with Gasteiger partial charge in [-0.25, -0.2) is 0 Å². The molecule has 3 heteroatoms. The molecule has 3 nitrogen and oxygen atoms in total. The lowest BCUT2D eigenvalue weighted by Crippen LogP contribution is -2.48. The van der Waals surface area contributed by atoms with E-state index in [4.69, 9.17) is 0 Å². The molecule has 1 saturated heterocycles. The molecule has 0 aromatic rings. The number of likely N-dealkylation sites (N-methyl/N-ethyl adjacent to an activating group) is 1. The van der Waals surface area contributed by atoms with Gasteiger partial charge in [0.25, 0.3) is 0 Å². The van der Waals surface area contributed by atoms with Gasteiger partial charge in [0.05, 0.1) is 0 Å². The average molecular weight is 298 g/mol. The molecule has 0 amide bonds. The summed E-state index contributed by atoms with van der Waals surface area (Å²) in [6, 6.07) is 1.29. The molecule has 1 aliphatic rings. The lowest BCUT2D eigenvalue weighted by atomic mass is 9.91. The van der Waals surface area contributed by atoms with E-state index in [1.807, 2.05) is 0 Å². The number of nitrogens with zero attached hydrogens (tertiary/aromatic N) is 2. The second kappa shape index (κ2) is 9.81. The van der Waals surface area contributed by atoms with Gasteiger partial charge in [0.2, 0.25) is 0 Å². The van der Waals surface area contributed by atoms with Gasteiger partial charge in [-0.1, -0.05) is 20.8 Å². The number of piperidine rings is 1. The van der Waals surface area contributed by atoms with Crippen LogP contribution in [0.25, 0.3) is 0 Å². The third-order valence-corrected chi connectivity index (χ3v) is 4.94. The third kappa shape index (κ3) is 7.12. The predicted octanol–water partition coefficient (Wildman–Crippen LogP) is 3.06. The van der Waals surface area contributed by atoms with Gasteiger partial charge in [0.1, 0.15) is 0 Å². The van der Waals surface area contributed by atoms with E-state index in [-0.39, 0.29) is 0 Å². The Balaban J connectivity index is 2.38. The van der Waals surface area contributed by atoms with Crippen LogP contribution in [0.5, 0.6) is 0 Å². The molecule has 0 aromatic carbocycles. The smallest absolute Gasteiger partial charge is 0.0217 e. The van der Waals surface area contributed by atoms with Crippen molar-refractivity contribution in [2.75, 3.05) is 40.3 Å². The molecule has 1 rings (SSSR count). The van der Waals surface area contributed by atoms with Gasteiger partial charge in [0.15, 0.2) is 0 Å². The van der Waals surface area contributed by atoms with Gasteiger partial charge in [0, 0.05) is 25.2 Å². The van der Waals surface area contributed by atoms with Crippen LogP contribution in [-0.2, 0) is 0 Å². The van der Waals surface area contributed by atoms with E-state index in [1.165, 1.54) is 45.3 Å². The Bertz CT molecular complexity index is 263. The van der Waals surface area contributed by atoms with E-state index in [1.54, 1.807) is 0 Å². The van der Waals surface area contributed by atoms with Gasteiger partial charge in [-0.15, -0.1) is 0 Å². The molecule has 0 saturated carbocycles. The molecule has 21 heavy (non-hydrogen) atoms. The SMILES string of the molecule is CCCN1CCCC(C(C)NCC(CC(C)C)N(C)C)C1. The van der Waals surface area contributed by atoms with E-state index in [9.17, 15) is 0 Å². The standard InChI is InChI=1S/C18H39N3/c1-7-10-21-11-8-9-17(14-21)16(4)19-13-18(20(5)6)12-15(2)3/h15-19H,7-14H2,1-6H3. The largest absolute Gasteiger partial charge is 0.312 e. The van der Waals surface area contributed by atoms with Gasteiger partial charge < -0.3 is 15.1 Å². The highest BCUT2D eigenvalue weighted by atomic mass is 15.1. The van der Waals surface area contributed by atoms with Crippen molar-refractivity contribution in [2.24, 2.45) is 11.8 Å². The summed E-state index contributed by atoms with van der Waals surface area (Å²) in [6.45, 7) is 14.3. The van der Waals surface area contributed by atoms with Gasteiger partial charge in [-0.3, -0.25) is 0 Å². The van der Waals surface area contributed by atoms with Gasteiger partial charge in [-0.2, -0.15) is 0 Å². The average Bonchev–Trinajstić information content (AvgIpc) is 2.43. The molecule has 1 N–H and O–H groups in total. The summed E-state index contributed by atoms with van der Waals surface area (Å²) in [5, 5.41) is 3.83. The third-order valence-electron chi connectivity index (χ3n) is 4.94. The van der Waals surface area contributed by atoms with Crippen molar-refractivity contribution in [3.63, 3.8) is 0 Å². The van der Waals surface area contributed by atoms with Gasteiger partial charge >= 0.3 is 0 Å². The van der Waals surface area contributed by atoms with Crippen LogP contribution in [0.4, 0.5) is 0 Å². The highest BCUT2D eigenvalue weighted by Gasteiger charge is 2.24. The van der Waals surface area contributed by atoms with Crippen LogP contribution in [-0.4, -0.2) is 62.2 Å². The highest BCUT2D eigenvalue weighted by molar-refractivity contribution is 4.82. The van der Waals surface area contributed by atoms with Crippen LogP contribution in [0.1, 0.15) is 53.4 Å². The molecule has 1 fully saturated rings. The maximum atomic E-state index is 3.83. The fourth-order valence-corrected chi connectivity index (χ4v) is 3.53. The summed E-state index contributed by atoms with van der Waals surface area (Å²) in [7, 11) is 4.42. The predicted molar refractivity (Wildman–Crippen MR) is 93.8 cm³/mol. The minimum atomic E-state index is 0.638. The summed E-state index contributed by atoms with van der Waals surface area (Å²) < 4.78 is 0. The number of rotatable bonds is 9. The lowest BCUT2D eigenvalue weighted by Gasteiger charge is -2.37. The van der Waals surface area contributed by atoms with Crippen molar-refractivity contribution in [1.82, 2.24) is 15.1 Å². The molecule has 1 aliphatic heterocycles. The van der Waals surface area contributed by atoms with Crippen molar-refractivity contribution < 1.29 is 0 Å². The topological polar surface area (TPSA) is 18.5 Å². The van der Waals surface area contributed by atoms with Crippen LogP contribution in [0.3, 0.4) is 0 Å². The van der Waals surface area contributed by atoms with E-state index < -0.39 is 0 Å². The molecular formula is C18H39N3. The van der Waals surface area contributed by atoms with Crippen LogP contribution in [0.2, 0.25) is 0 Å². The Morgan fingerprint density at radius 3 is 2.52 bits per heavy atom. The normalized spacial score (nSPS) is 23.7. The fourth-order valence-electron chi connectivity index (χ4n) is 3.53. The van der Waals surface area contributed by atoms with Crippen molar-refractivity contribution >= 4 is 0 Å². The zero-order valence-electron chi connectivity index (χ0n) is 15.4. The van der Waals surface area contributed by atoms with Crippen LogP contribution in [0, 0.1) is 11.8 Å². The summed E-state index contributed by atoms with van der Waals surface area (Å²) in [4.78, 5) is 5.04. The van der Waals surface area contributed by atoms with Crippen molar-refractivity contribution in [1.29, 1.82) is 0 Å². The summed E-state index contributed by atoms with van der Waals surface area (Å²) in [5.74, 6) is 1.59. The van der Waals surface area contributed by atoms with Crippen LogP contribution < -0.4 is 5.32 Å². The molecule has 3 unspecified atom stereocenters. The number of nitrogens with one attached hydrogen (secondary N) is 1. The summed E-state index contributed by atoms with van der Waals surface area (Å²) in [5.41, 5.74) is 0. The number of hydrogen-bond donors (Lipinski definition) is 1. The van der Waals surface area contributed by atoms with E-state index in [2.05, 4.69) is 56.9 Å². The minimum Gasteiger partial charge on any atom is -0.312 e. The second-order valence-corrected chi connectivity index (χ2v) is 7.65. The Labute approximate surface area is 133 Å².